The third-order valence-corrected chi connectivity index (χ3v) is 7.04. The van der Waals surface area contributed by atoms with Crippen LogP contribution in [-0.4, -0.2) is 55.1 Å². The van der Waals surface area contributed by atoms with E-state index in [1.807, 2.05) is 6.07 Å². The lowest BCUT2D eigenvalue weighted by Gasteiger charge is -2.43. The molecule has 2 heterocycles. The maximum atomic E-state index is 11.9. The molecule has 1 aliphatic carbocycles. The SMILES string of the molecule is OC1(C(CN2CCNCC2)c2ccccc2-c2ccc3c(c2)OCO3)CCCCC1. The predicted octanol–water partition coefficient (Wildman–Crippen LogP) is 3.77. The highest BCUT2D eigenvalue weighted by atomic mass is 16.7. The number of benzene rings is 2. The molecule has 2 N–H and O–H groups in total. The van der Waals surface area contributed by atoms with Gasteiger partial charge in [0.2, 0.25) is 6.79 Å². The maximum absolute atomic E-state index is 11.9. The first-order chi connectivity index (χ1) is 14.7. The van der Waals surface area contributed by atoms with E-state index in [4.69, 9.17) is 9.47 Å². The number of aliphatic hydroxyl groups is 1. The van der Waals surface area contributed by atoms with Crippen LogP contribution in [0.5, 0.6) is 11.5 Å². The summed E-state index contributed by atoms with van der Waals surface area (Å²) >= 11 is 0. The van der Waals surface area contributed by atoms with Crippen molar-refractivity contribution >= 4 is 0 Å². The van der Waals surface area contributed by atoms with Crippen LogP contribution in [0, 0.1) is 0 Å². The number of piperazine rings is 1. The van der Waals surface area contributed by atoms with Crippen molar-refractivity contribution in [3.05, 3.63) is 48.0 Å². The Morgan fingerprint density at radius 3 is 2.57 bits per heavy atom. The summed E-state index contributed by atoms with van der Waals surface area (Å²) in [5.74, 6) is 1.70. The number of nitrogens with zero attached hydrogens (tertiary/aromatic N) is 1. The molecule has 1 unspecified atom stereocenters. The van der Waals surface area contributed by atoms with Gasteiger partial charge in [0.15, 0.2) is 11.5 Å². The van der Waals surface area contributed by atoms with Crippen LogP contribution in [0.2, 0.25) is 0 Å². The Balaban J connectivity index is 1.53. The van der Waals surface area contributed by atoms with E-state index in [1.165, 1.54) is 17.5 Å². The van der Waals surface area contributed by atoms with Gasteiger partial charge >= 0.3 is 0 Å². The summed E-state index contributed by atoms with van der Waals surface area (Å²) in [6, 6.07) is 14.8. The van der Waals surface area contributed by atoms with Crippen LogP contribution in [0.3, 0.4) is 0 Å². The first kappa shape index (κ1) is 19.9. The van der Waals surface area contributed by atoms with Gasteiger partial charge in [0.1, 0.15) is 0 Å². The molecule has 2 aromatic carbocycles. The van der Waals surface area contributed by atoms with Gasteiger partial charge in [-0.05, 0) is 41.7 Å². The zero-order valence-electron chi connectivity index (χ0n) is 17.6. The predicted molar refractivity (Wildman–Crippen MR) is 118 cm³/mol. The van der Waals surface area contributed by atoms with Crippen molar-refractivity contribution in [2.24, 2.45) is 0 Å². The molecule has 0 bridgehead atoms. The van der Waals surface area contributed by atoms with Gasteiger partial charge in [0.25, 0.3) is 0 Å². The lowest BCUT2D eigenvalue weighted by atomic mass is 9.71. The van der Waals surface area contributed by atoms with E-state index in [0.29, 0.717) is 0 Å². The Morgan fingerprint density at radius 2 is 1.73 bits per heavy atom. The molecule has 2 fully saturated rings. The largest absolute Gasteiger partial charge is 0.454 e. The van der Waals surface area contributed by atoms with Crippen LogP contribution in [0.15, 0.2) is 42.5 Å². The average Bonchev–Trinajstić information content (AvgIpc) is 3.27. The zero-order chi connectivity index (χ0) is 20.4. The maximum Gasteiger partial charge on any atom is 0.231 e. The summed E-state index contributed by atoms with van der Waals surface area (Å²) in [5.41, 5.74) is 2.92. The summed E-state index contributed by atoms with van der Waals surface area (Å²) in [6.45, 7) is 5.31. The van der Waals surface area contributed by atoms with Crippen LogP contribution >= 0.6 is 0 Å². The Labute approximate surface area is 179 Å². The Bertz CT molecular complexity index is 872. The topological polar surface area (TPSA) is 54.0 Å². The third-order valence-electron chi connectivity index (χ3n) is 7.04. The molecule has 2 aromatic rings. The van der Waals surface area contributed by atoms with E-state index < -0.39 is 5.60 Å². The van der Waals surface area contributed by atoms with Gasteiger partial charge in [-0.2, -0.15) is 0 Å². The van der Waals surface area contributed by atoms with Crippen molar-refractivity contribution in [1.29, 1.82) is 0 Å². The summed E-state index contributed by atoms with van der Waals surface area (Å²) in [6.07, 6.45) is 5.23. The standard InChI is InChI=1S/C25H32N2O3/c28-25(10-4-1-5-11-25)22(17-27-14-12-26-13-15-27)21-7-3-2-6-20(21)19-8-9-23-24(16-19)30-18-29-23/h2-3,6-9,16,22,26,28H,1,4-5,10-15,17-18H2. The molecular formula is C25H32N2O3. The molecule has 5 nitrogen and oxygen atoms in total. The monoisotopic (exact) mass is 408 g/mol. The highest BCUT2D eigenvalue weighted by Crippen LogP contribution is 2.44. The van der Waals surface area contributed by atoms with Gasteiger partial charge in [-0.15, -0.1) is 0 Å². The summed E-state index contributed by atoms with van der Waals surface area (Å²) in [4.78, 5) is 2.52. The van der Waals surface area contributed by atoms with Gasteiger partial charge in [0.05, 0.1) is 5.60 Å². The van der Waals surface area contributed by atoms with Crippen LogP contribution in [-0.2, 0) is 0 Å². The van der Waals surface area contributed by atoms with E-state index in [2.05, 4.69) is 46.6 Å². The highest BCUT2D eigenvalue weighted by Gasteiger charge is 2.40. The molecule has 0 amide bonds. The van der Waals surface area contributed by atoms with Gasteiger partial charge in [-0.1, -0.05) is 49.6 Å². The summed E-state index contributed by atoms with van der Waals surface area (Å²) < 4.78 is 11.1. The third kappa shape index (κ3) is 3.94. The van der Waals surface area contributed by atoms with Crippen molar-refractivity contribution < 1.29 is 14.6 Å². The van der Waals surface area contributed by atoms with Crippen LogP contribution < -0.4 is 14.8 Å². The van der Waals surface area contributed by atoms with E-state index in [0.717, 1.165) is 75.5 Å². The van der Waals surface area contributed by atoms with Gasteiger partial charge < -0.3 is 24.8 Å². The van der Waals surface area contributed by atoms with Crippen molar-refractivity contribution in [3.63, 3.8) is 0 Å². The van der Waals surface area contributed by atoms with Crippen molar-refractivity contribution in [2.75, 3.05) is 39.5 Å². The average molecular weight is 409 g/mol. The molecule has 0 aromatic heterocycles. The molecule has 5 heteroatoms. The smallest absolute Gasteiger partial charge is 0.231 e. The minimum atomic E-state index is -0.643. The van der Waals surface area contributed by atoms with E-state index in [9.17, 15) is 5.11 Å². The quantitative estimate of drug-likeness (QED) is 0.789. The lowest BCUT2D eigenvalue weighted by Crippen LogP contribution is -2.49. The van der Waals surface area contributed by atoms with Crippen molar-refractivity contribution in [3.8, 4) is 22.6 Å². The molecule has 1 saturated carbocycles. The molecule has 2 aliphatic heterocycles. The molecule has 160 valence electrons. The fourth-order valence-electron chi connectivity index (χ4n) is 5.35. The Morgan fingerprint density at radius 1 is 0.967 bits per heavy atom. The minimum Gasteiger partial charge on any atom is -0.454 e. The number of hydrogen-bond donors (Lipinski definition) is 2. The summed E-state index contributed by atoms with van der Waals surface area (Å²) in [5, 5.41) is 15.3. The molecule has 1 saturated heterocycles. The zero-order valence-corrected chi connectivity index (χ0v) is 17.6. The molecule has 5 rings (SSSR count). The first-order valence-electron chi connectivity index (χ1n) is 11.4. The minimum absolute atomic E-state index is 0.0949. The number of nitrogens with one attached hydrogen (secondary N) is 1. The normalized spacial score (nSPS) is 22.0. The fourth-order valence-corrected chi connectivity index (χ4v) is 5.35. The Kier molecular flexibility index (Phi) is 5.68. The fraction of sp³-hybridized carbons (Fsp3) is 0.520. The summed E-state index contributed by atoms with van der Waals surface area (Å²) in [7, 11) is 0. The Hall–Kier alpha value is -2.08. The second-order valence-electron chi connectivity index (χ2n) is 8.92. The second kappa shape index (κ2) is 8.58. The molecule has 0 radical (unpaired) electrons. The van der Waals surface area contributed by atoms with E-state index >= 15 is 0 Å². The van der Waals surface area contributed by atoms with E-state index in [1.54, 1.807) is 0 Å². The van der Waals surface area contributed by atoms with Crippen LogP contribution in [0.25, 0.3) is 11.1 Å². The number of rotatable bonds is 5. The molecule has 3 aliphatic rings. The molecular weight excluding hydrogens is 376 g/mol. The van der Waals surface area contributed by atoms with Crippen LogP contribution in [0.1, 0.15) is 43.6 Å². The van der Waals surface area contributed by atoms with Gasteiger partial charge in [-0.25, -0.2) is 0 Å². The van der Waals surface area contributed by atoms with Crippen LogP contribution in [0.4, 0.5) is 0 Å². The lowest BCUT2D eigenvalue weighted by molar-refractivity contribution is -0.0315. The number of fused-ring (bicyclic) bond motifs is 1. The van der Waals surface area contributed by atoms with Crippen molar-refractivity contribution in [2.45, 2.75) is 43.6 Å². The first-order valence-corrected chi connectivity index (χ1v) is 11.4. The van der Waals surface area contributed by atoms with Gasteiger partial charge in [0, 0.05) is 38.6 Å². The van der Waals surface area contributed by atoms with Crippen molar-refractivity contribution in [1.82, 2.24) is 10.2 Å². The molecule has 0 spiro atoms. The molecule has 1 atom stereocenters. The number of ether oxygens (including phenoxy) is 2. The second-order valence-corrected chi connectivity index (χ2v) is 8.92. The number of hydrogen-bond acceptors (Lipinski definition) is 5. The van der Waals surface area contributed by atoms with E-state index in [-0.39, 0.29) is 12.7 Å². The molecule has 30 heavy (non-hydrogen) atoms. The van der Waals surface area contributed by atoms with Gasteiger partial charge in [-0.3, -0.25) is 0 Å². The highest BCUT2D eigenvalue weighted by molar-refractivity contribution is 5.71.